The summed E-state index contributed by atoms with van der Waals surface area (Å²) >= 11 is 0. The highest BCUT2D eigenvalue weighted by Crippen LogP contribution is 2.29. The molecule has 0 aliphatic rings. The lowest BCUT2D eigenvalue weighted by molar-refractivity contribution is -0.0512. The van der Waals surface area contributed by atoms with E-state index in [-0.39, 0.29) is 11.5 Å². The number of rotatable bonds is 7. The maximum atomic E-state index is 12.3. The molecule has 2 aromatic rings. The minimum Gasteiger partial charge on any atom is -0.493 e. The molecule has 0 saturated carbocycles. The van der Waals surface area contributed by atoms with Crippen molar-refractivity contribution >= 4 is 0 Å². The van der Waals surface area contributed by atoms with Crippen LogP contribution in [0.3, 0.4) is 0 Å². The van der Waals surface area contributed by atoms with Gasteiger partial charge in [0.15, 0.2) is 17.4 Å². The Hall–Kier alpha value is -2.15. The van der Waals surface area contributed by atoms with Crippen LogP contribution in [-0.4, -0.2) is 30.7 Å². The first-order valence-corrected chi connectivity index (χ1v) is 6.69. The van der Waals surface area contributed by atoms with Crippen LogP contribution in [0, 0.1) is 6.92 Å². The lowest BCUT2D eigenvalue weighted by Gasteiger charge is -2.16. The second-order valence-corrected chi connectivity index (χ2v) is 4.88. The van der Waals surface area contributed by atoms with Crippen LogP contribution in [0.15, 0.2) is 28.8 Å². The maximum absolute atomic E-state index is 12.3. The van der Waals surface area contributed by atoms with Gasteiger partial charge in [-0.3, -0.25) is 4.90 Å². The Morgan fingerprint density at radius 2 is 2.05 bits per heavy atom. The molecule has 22 heavy (non-hydrogen) atoms. The van der Waals surface area contributed by atoms with Crippen molar-refractivity contribution in [2.24, 2.45) is 0 Å². The van der Waals surface area contributed by atoms with E-state index >= 15 is 0 Å². The highest BCUT2D eigenvalue weighted by Gasteiger charge is 2.12. The summed E-state index contributed by atoms with van der Waals surface area (Å²) in [4.78, 5) is 6.06. The number of methoxy groups -OCH3 is 1. The van der Waals surface area contributed by atoms with Crippen molar-refractivity contribution in [3.8, 4) is 11.5 Å². The first-order chi connectivity index (χ1) is 10.5. The molecule has 7 heteroatoms. The van der Waals surface area contributed by atoms with Crippen LogP contribution in [-0.2, 0) is 13.1 Å². The third kappa shape index (κ3) is 4.42. The summed E-state index contributed by atoms with van der Waals surface area (Å²) in [6.45, 7) is 0.108. The van der Waals surface area contributed by atoms with Crippen LogP contribution in [0.2, 0.25) is 0 Å². The third-order valence-corrected chi connectivity index (χ3v) is 2.99. The Kier molecular flexibility index (Phi) is 5.32. The van der Waals surface area contributed by atoms with E-state index in [0.717, 1.165) is 11.3 Å². The van der Waals surface area contributed by atoms with Gasteiger partial charge < -0.3 is 13.9 Å². The molecule has 0 atom stereocenters. The van der Waals surface area contributed by atoms with Crippen molar-refractivity contribution in [1.29, 1.82) is 0 Å². The van der Waals surface area contributed by atoms with Gasteiger partial charge in [0, 0.05) is 13.5 Å². The van der Waals surface area contributed by atoms with Gasteiger partial charge in [0.1, 0.15) is 5.76 Å². The zero-order valence-electron chi connectivity index (χ0n) is 12.7. The number of nitrogens with zero attached hydrogens (tertiary/aromatic N) is 2. The van der Waals surface area contributed by atoms with E-state index in [9.17, 15) is 8.78 Å². The van der Waals surface area contributed by atoms with Gasteiger partial charge in [-0.2, -0.15) is 8.78 Å². The van der Waals surface area contributed by atoms with Gasteiger partial charge in [-0.05, 0) is 24.7 Å². The van der Waals surface area contributed by atoms with Gasteiger partial charge in [0.25, 0.3) is 0 Å². The van der Waals surface area contributed by atoms with Gasteiger partial charge in [-0.25, -0.2) is 4.98 Å². The second-order valence-electron chi connectivity index (χ2n) is 4.88. The summed E-state index contributed by atoms with van der Waals surface area (Å²) in [6.07, 6.45) is 1.69. The standard InChI is InChI=1S/C15H18F2N2O3/c1-10-18-7-12(21-10)9-19(2)8-11-4-5-13(22-15(16)17)14(6-11)20-3/h4-7,15H,8-9H2,1-3H3. The average molecular weight is 312 g/mol. The molecule has 0 bridgehead atoms. The third-order valence-electron chi connectivity index (χ3n) is 2.99. The Morgan fingerprint density at radius 1 is 1.27 bits per heavy atom. The van der Waals surface area contributed by atoms with Gasteiger partial charge in [0.05, 0.1) is 19.9 Å². The van der Waals surface area contributed by atoms with Crippen LogP contribution in [0.5, 0.6) is 11.5 Å². The SMILES string of the molecule is COc1cc(CN(C)Cc2cnc(C)o2)ccc1OC(F)F. The summed E-state index contributed by atoms with van der Waals surface area (Å²) < 4.78 is 39.5. The highest BCUT2D eigenvalue weighted by atomic mass is 19.3. The molecule has 0 aliphatic carbocycles. The number of benzene rings is 1. The zero-order valence-corrected chi connectivity index (χ0v) is 12.7. The number of halogens is 2. The summed E-state index contributed by atoms with van der Waals surface area (Å²) in [5.74, 6) is 1.69. The Morgan fingerprint density at radius 3 is 2.64 bits per heavy atom. The summed E-state index contributed by atoms with van der Waals surface area (Å²) in [5, 5.41) is 0. The fourth-order valence-corrected chi connectivity index (χ4v) is 2.12. The molecule has 2 rings (SSSR count). The molecular weight excluding hydrogens is 294 g/mol. The monoisotopic (exact) mass is 312 g/mol. The number of hydrogen-bond donors (Lipinski definition) is 0. The second kappa shape index (κ2) is 7.22. The lowest BCUT2D eigenvalue weighted by Crippen LogP contribution is -2.17. The predicted molar refractivity (Wildman–Crippen MR) is 76.0 cm³/mol. The zero-order chi connectivity index (χ0) is 16.1. The largest absolute Gasteiger partial charge is 0.493 e. The van der Waals surface area contributed by atoms with Gasteiger partial charge >= 0.3 is 6.61 Å². The van der Waals surface area contributed by atoms with Crippen molar-refractivity contribution in [1.82, 2.24) is 9.88 Å². The molecule has 1 heterocycles. The number of hydrogen-bond acceptors (Lipinski definition) is 5. The first-order valence-electron chi connectivity index (χ1n) is 6.69. The van der Waals surface area contributed by atoms with Gasteiger partial charge in [-0.15, -0.1) is 0 Å². The van der Waals surface area contributed by atoms with E-state index in [1.54, 1.807) is 25.3 Å². The number of oxazole rings is 1. The van der Waals surface area contributed by atoms with Gasteiger partial charge in [0.2, 0.25) is 0 Å². The van der Waals surface area contributed by atoms with E-state index in [2.05, 4.69) is 9.72 Å². The smallest absolute Gasteiger partial charge is 0.387 e. The van der Waals surface area contributed by atoms with Crippen molar-refractivity contribution in [2.75, 3.05) is 14.2 Å². The number of alkyl halides is 2. The summed E-state index contributed by atoms with van der Waals surface area (Å²) in [6, 6.07) is 4.88. The average Bonchev–Trinajstić information content (AvgIpc) is 2.85. The Balaban J connectivity index is 2.02. The van der Waals surface area contributed by atoms with Crippen LogP contribution in [0.25, 0.3) is 0 Å². The molecule has 0 aliphatic heterocycles. The van der Waals surface area contributed by atoms with E-state index in [4.69, 9.17) is 9.15 Å². The minimum absolute atomic E-state index is 0.0229. The van der Waals surface area contributed by atoms with Crippen LogP contribution in [0.4, 0.5) is 8.78 Å². The maximum Gasteiger partial charge on any atom is 0.387 e. The normalized spacial score (nSPS) is 11.2. The lowest BCUT2D eigenvalue weighted by atomic mass is 10.2. The topological polar surface area (TPSA) is 47.7 Å². The Bertz CT molecular complexity index is 617. The highest BCUT2D eigenvalue weighted by molar-refractivity contribution is 5.43. The molecule has 0 unspecified atom stereocenters. The van der Waals surface area contributed by atoms with Crippen LogP contribution < -0.4 is 9.47 Å². The number of aromatic nitrogens is 1. The fourth-order valence-electron chi connectivity index (χ4n) is 2.12. The quantitative estimate of drug-likeness (QED) is 0.785. The predicted octanol–water partition coefficient (Wildman–Crippen LogP) is 3.23. The summed E-state index contributed by atoms with van der Waals surface area (Å²) in [5.41, 5.74) is 0.914. The Labute approximate surface area is 127 Å². The molecule has 0 saturated heterocycles. The molecule has 120 valence electrons. The summed E-state index contributed by atoms with van der Waals surface area (Å²) in [7, 11) is 3.34. The van der Waals surface area contributed by atoms with Crippen LogP contribution in [0.1, 0.15) is 17.2 Å². The minimum atomic E-state index is -2.88. The fraction of sp³-hybridized carbons (Fsp3) is 0.400. The molecule has 1 aromatic carbocycles. The van der Waals surface area contributed by atoms with Crippen molar-refractivity contribution in [2.45, 2.75) is 26.6 Å². The molecule has 0 amide bonds. The van der Waals surface area contributed by atoms with E-state index in [1.807, 2.05) is 11.9 Å². The molecule has 1 aromatic heterocycles. The van der Waals surface area contributed by atoms with Gasteiger partial charge in [-0.1, -0.05) is 6.07 Å². The van der Waals surface area contributed by atoms with E-state index in [0.29, 0.717) is 19.0 Å². The molecule has 0 radical (unpaired) electrons. The molecule has 0 N–H and O–H groups in total. The molecule has 5 nitrogen and oxygen atoms in total. The van der Waals surface area contributed by atoms with E-state index in [1.165, 1.54) is 13.2 Å². The molecule has 0 spiro atoms. The van der Waals surface area contributed by atoms with Crippen molar-refractivity contribution in [3.63, 3.8) is 0 Å². The van der Waals surface area contributed by atoms with Crippen molar-refractivity contribution < 1.29 is 22.7 Å². The number of ether oxygens (including phenoxy) is 2. The van der Waals surface area contributed by atoms with Crippen molar-refractivity contribution in [3.05, 3.63) is 41.6 Å². The van der Waals surface area contributed by atoms with Crippen LogP contribution >= 0.6 is 0 Å². The van der Waals surface area contributed by atoms with E-state index < -0.39 is 6.61 Å². The molecule has 0 fully saturated rings. The molecular formula is C15H18F2N2O3. The first kappa shape index (κ1) is 16.2. The number of aryl methyl sites for hydroxylation is 1.